The fourth-order valence-corrected chi connectivity index (χ4v) is 0.461. The maximum absolute atomic E-state index is 10.0. The van der Waals surface area contributed by atoms with Crippen molar-refractivity contribution in [1.82, 2.24) is 0 Å². The van der Waals surface area contributed by atoms with Gasteiger partial charge in [0.2, 0.25) is 0 Å². The second-order valence-electron chi connectivity index (χ2n) is 1.65. The highest BCUT2D eigenvalue weighted by molar-refractivity contribution is 5.75. The van der Waals surface area contributed by atoms with Crippen molar-refractivity contribution in [2.45, 2.75) is 6.42 Å². The minimum Gasteiger partial charge on any atom is -0.481 e. The predicted octanol–water partition coefficient (Wildman–Crippen LogP) is 0.772. The number of carboxylic acids is 1. The number of hydrogen-bond donors (Lipinski definition) is 1. The summed E-state index contributed by atoms with van der Waals surface area (Å²) in [5, 5.41) is 8.24. The van der Waals surface area contributed by atoms with E-state index in [4.69, 9.17) is 5.11 Å². The lowest BCUT2D eigenvalue weighted by molar-refractivity contribution is -0.136. The van der Waals surface area contributed by atoms with Gasteiger partial charge in [0.25, 0.3) is 0 Å². The molecule has 0 aromatic carbocycles. The van der Waals surface area contributed by atoms with Crippen LogP contribution in [0.25, 0.3) is 0 Å². The normalized spacial score (nSPS) is 10.6. The van der Waals surface area contributed by atoms with E-state index >= 15 is 0 Å². The fourth-order valence-electron chi connectivity index (χ4n) is 0.461. The molecule has 3 nitrogen and oxygen atoms in total. The van der Waals surface area contributed by atoms with Gasteiger partial charge in [-0.2, -0.15) is 0 Å². The van der Waals surface area contributed by atoms with E-state index in [0.29, 0.717) is 11.9 Å². The van der Waals surface area contributed by atoms with E-state index in [0.717, 1.165) is 0 Å². The molecule has 10 heavy (non-hydrogen) atoms. The van der Waals surface area contributed by atoms with Crippen LogP contribution in [0.5, 0.6) is 0 Å². The van der Waals surface area contributed by atoms with Gasteiger partial charge in [-0.3, -0.25) is 9.59 Å². The second kappa shape index (κ2) is 4.49. The molecule has 0 fully saturated rings. The van der Waals surface area contributed by atoms with Crippen LogP contribution in [0, 0.1) is 0 Å². The van der Waals surface area contributed by atoms with Crippen molar-refractivity contribution < 1.29 is 14.7 Å². The number of carbonyl (C=O) groups excluding carboxylic acids is 1. The van der Waals surface area contributed by atoms with Crippen LogP contribution in [0.2, 0.25) is 0 Å². The standard InChI is InChI=1S/C7H8O3/c1-2-6(3-4-8)5-7(9)10/h2-4H,1,5H2,(H,9,10). The first kappa shape index (κ1) is 8.62. The van der Waals surface area contributed by atoms with Gasteiger partial charge in [-0.15, -0.1) is 0 Å². The highest BCUT2D eigenvalue weighted by atomic mass is 16.4. The van der Waals surface area contributed by atoms with Crippen molar-refractivity contribution in [2.24, 2.45) is 0 Å². The smallest absolute Gasteiger partial charge is 0.307 e. The van der Waals surface area contributed by atoms with Crippen molar-refractivity contribution in [3.8, 4) is 0 Å². The van der Waals surface area contributed by atoms with Gasteiger partial charge in [-0.25, -0.2) is 0 Å². The molecule has 1 N–H and O–H groups in total. The third-order valence-electron chi connectivity index (χ3n) is 0.900. The lowest BCUT2D eigenvalue weighted by atomic mass is 10.2. The fraction of sp³-hybridized carbons (Fsp3) is 0.143. The van der Waals surface area contributed by atoms with Gasteiger partial charge in [-0.05, 0) is 11.6 Å². The molecule has 54 valence electrons. The lowest BCUT2D eigenvalue weighted by Gasteiger charge is -1.91. The molecule has 0 unspecified atom stereocenters. The molecular weight excluding hydrogens is 132 g/mol. The summed E-state index contributed by atoms with van der Waals surface area (Å²) in [4.78, 5) is 19.9. The van der Waals surface area contributed by atoms with E-state index in [2.05, 4.69) is 6.58 Å². The van der Waals surface area contributed by atoms with Crippen molar-refractivity contribution in [2.75, 3.05) is 0 Å². The van der Waals surface area contributed by atoms with Gasteiger partial charge in [-0.1, -0.05) is 12.7 Å². The molecule has 0 bridgehead atoms. The topological polar surface area (TPSA) is 54.4 Å². The third kappa shape index (κ3) is 3.60. The molecule has 0 aromatic rings. The summed E-state index contributed by atoms with van der Waals surface area (Å²) in [6, 6.07) is 0. The number of aliphatic carboxylic acids is 1. The molecular formula is C7H8O3. The Bertz CT molecular complexity index is 179. The van der Waals surface area contributed by atoms with E-state index in [1.54, 1.807) is 0 Å². The van der Waals surface area contributed by atoms with Crippen LogP contribution in [0.4, 0.5) is 0 Å². The van der Waals surface area contributed by atoms with Gasteiger partial charge < -0.3 is 5.11 Å². The Morgan fingerprint density at radius 3 is 2.50 bits per heavy atom. The van der Waals surface area contributed by atoms with Gasteiger partial charge in [0.1, 0.15) is 6.29 Å². The Hall–Kier alpha value is -1.38. The predicted molar refractivity (Wildman–Crippen MR) is 36.6 cm³/mol. The summed E-state index contributed by atoms with van der Waals surface area (Å²) in [6.45, 7) is 3.34. The quantitative estimate of drug-likeness (QED) is 0.356. The third-order valence-corrected chi connectivity index (χ3v) is 0.900. The van der Waals surface area contributed by atoms with Crippen molar-refractivity contribution >= 4 is 12.3 Å². The average Bonchev–Trinajstić information content (AvgIpc) is 1.86. The molecule has 0 spiro atoms. The summed E-state index contributed by atoms with van der Waals surface area (Å²) in [7, 11) is 0. The van der Waals surface area contributed by atoms with E-state index in [-0.39, 0.29) is 6.42 Å². The Balaban J connectivity index is 4.08. The molecule has 0 aromatic heterocycles. The van der Waals surface area contributed by atoms with Crippen molar-refractivity contribution in [1.29, 1.82) is 0 Å². The number of aldehydes is 1. The average molecular weight is 140 g/mol. The highest BCUT2D eigenvalue weighted by Crippen LogP contribution is 1.99. The Labute approximate surface area is 58.7 Å². The van der Waals surface area contributed by atoms with Crippen LogP contribution >= 0.6 is 0 Å². The van der Waals surface area contributed by atoms with Gasteiger partial charge in [0, 0.05) is 0 Å². The summed E-state index contributed by atoms with van der Waals surface area (Å²) in [5.74, 6) is -0.965. The molecule has 0 aliphatic heterocycles. The number of carboxylic acid groups (broad SMARTS) is 1. The lowest BCUT2D eigenvalue weighted by Crippen LogP contribution is -1.95. The van der Waals surface area contributed by atoms with Crippen LogP contribution in [0.15, 0.2) is 24.3 Å². The monoisotopic (exact) mass is 140 g/mol. The van der Waals surface area contributed by atoms with Crippen LogP contribution in [-0.2, 0) is 9.59 Å². The molecule has 0 radical (unpaired) electrons. The first-order valence-electron chi connectivity index (χ1n) is 2.69. The molecule has 0 amide bonds. The summed E-state index contributed by atoms with van der Waals surface area (Å²) in [6.07, 6.45) is 2.92. The maximum Gasteiger partial charge on any atom is 0.307 e. The van der Waals surface area contributed by atoms with E-state index in [1.807, 2.05) is 0 Å². The molecule has 0 rings (SSSR count). The molecule has 3 heteroatoms. The van der Waals surface area contributed by atoms with Gasteiger partial charge in [0.15, 0.2) is 0 Å². The van der Waals surface area contributed by atoms with Crippen molar-refractivity contribution in [3.05, 3.63) is 24.3 Å². The largest absolute Gasteiger partial charge is 0.481 e. The second-order valence-corrected chi connectivity index (χ2v) is 1.65. The Morgan fingerprint density at radius 2 is 2.20 bits per heavy atom. The first-order chi connectivity index (χ1) is 4.70. The highest BCUT2D eigenvalue weighted by Gasteiger charge is 1.97. The van der Waals surface area contributed by atoms with Crippen LogP contribution in [0.3, 0.4) is 0 Å². The minimum absolute atomic E-state index is 0.151. The minimum atomic E-state index is -0.965. The molecule has 0 saturated heterocycles. The number of allylic oxidation sites excluding steroid dienone is 2. The maximum atomic E-state index is 10.0. The van der Waals surface area contributed by atoms with Crippen molar-refractivity contribution in [3.63, 3.8) is 0 Å². The molecule has 0 aliphatic carbocycles. The summed E-state index contributed by atoms with van der Waals surface area (Å²) >= 11 is 0. The van der Waals surface area contributed by atoms with Crippen LogP contribution in [0.1, 0.15) is 6.42 Å². The van der Waals surface area contributed by atoms with E-state index in [1.165, 1.54) is 12.2 Å². The molecule has 0 aliphatic rings. The summed E-state index contributed by atoms with van der Waals surface area (Å²) in [5.41, 5.74) is 0.419. The van der Waals surface area contributed by atoms with Crippen LogP contribution < -0.4 is 0 Å². The zero-order valence-corrected chi connectivity index (χ0v) is 5.41. The summed E-state index contributed by atoms with van der Waals surface area (Å²) < 4.78 is 0. The van der Waals surface area contributed by atoms with E-state index < -0.39 is 5.97 Å². The number of carbonyl (C=O) groups is 2. The van der Waals surface area contributed by atoms with Gasteiger partial charge >= 0.3 is 5.97 Å². The number of rotatable bonds is 4. The SMILES string of the molecule is C=CC(=CC=O)CC(=O)O. The zero-order chi connectivity index (χ0) is 7.98. The molecule has 0 atom stereocenters. The molecule has 0 saturated carbocycles. The van der Waals surface area contributed by atoms with Crippen LogP contribution in [-0.4, -0.2) is 17.4 Å². The molecule has 0 heterocycles. The zero-order valence-electron chi connectivity index (χ0n) is 5.41. The number of hydrogen-bond acceptors (Lipinski definition) is 2. The Kier molecular flexibility index (Phi) is 3.87. The first-order valence-corrected chi connectivity index (χ1v) is 2.69. The Morgan fingerprint density at radius 1 is 1.60 bits per heavy atom. The van der Waals surface area contributed by atoms with E-state index in [9.17, 15) is 9.59 Å². The van der Waals surface area contributed by atoms with Gasteiger partial charge in [0.05, 0.1) is 6.42 Å².